The van der Waals surface area contributed by atoms with E-state index in [0.29, 0.717) is 5.92 Å². The standard InChI is InChI=1S/C10H16O2.C5H5NO5S/c1-7(11)12-10(2)6-8-3-4-9(10)5-8;1-12(9,10)11-6-4(7)2-3-5(6)8/h8-9H,3-6H2,1-2H3;2-3H,1H3. The van der Waals surface area contributed by atoms with Gasteiger partial charge in [-0.2, -0.15) is 8.42 Å². The number of rotatable bonds is 3. The number of ether oxygens (including phenoxy) is 1. The Hall–Kier alpha value is -1.74. The highest BCUT2D eigenvalue weighted by molar-refractivity contribution is 7.85. The van der Waals surface area contributed by atoms with Crippen molar-refractivity contribution in [3.63, 3.8) is 0 Å². The van der Waals surface area contributed by atoms with E-state index in [1.54, 1.807) is 0 Å². The Kier molecular flexibility index (Phi) is 5.14. The largest absolute Gasteiger partial charge is 0.459 e. The molecule has 0 aromatic rings. The van der Waals surface area contributed by atoms with Crippen LogP contribution < -0.4 is 0 Å². The molecule has 0 radical (unpaired) electrons. The van der Waals surface area contributed by atoms with Gasteiger partial charge >= 0.3 is 5.97 Å². The van der Waals surface area contributed by atoms with Crippen molar-refractivity contribution in [2.45, 2.75) is 45.1 Å². The van der Waals surface area contributed by atoms with Crippen LogP contribution in [-0.4, -0.2) is 43.1 Å². The van der Waals surface area contributed by atoms with Crippen LogP contribution >= 0.6 is 0 Å². The van der Waals surface area contributed by atoms with Crippen molar-refractivity contribution in [3.8, 4) is 0 Å². The summed E-state index contributed by atoms with van der Waals surface area (Å²) in [4.78, 5) is 32.2. The molecule has 0 N–H and O–H groups in total. The normalized spacial score (nSPS) is 31.2. The number of carbonyl (C=O) groups is 3. The van der Waals surface area contributed by atoms with Gasteiger partial charge in [0.15, 0.2) is 0 Å². The highest BCUT2D eigenvalue weighted by Gasteiger charge is 2.50. The molecule has 2 amide bonds. The summed E-state index contributed by atoms with van der Waals surface area (Å²) in [7, 11) is -3.83. The Bertz CT molecular complexity index is 666. The highest BCUT2D eigenvalue weighted by atomic mass is 32.2. The SMILES string of the molecule is CC(=O)OC1(C)CC2CCC1C2.CS(=O)(=O)ON1C(=O)C=CC1=O. The van der Waals surface area contributed by atoms with Crippen LogP contribution in [0.5, 0.6) is 0 Å². The Morgan fingerprint density at radius 1 is 1.25 bits per heavy atom. The van der Waals surface area contributed by atoms with E-state index < -0.39 is 21.9 Å². The number of esters is 1. The van der Waals surface area contributed by atoms with E-state index in [1.165, 1.54) is 26.2 Å². The van der Waals surface area contributed by atoms with Gasteiger partial charge in [-0.05, 0) is 44.4 Å². The maximum absolute atomic E-state index is 10.9. The van der Waals surface area contributed by atoms with Crippen molar-refractivity contribution in [3.05, 3.63) is 12.2 Å². The van der Waals surface area contributed by atoms with Crippen molar-refractivity contribution in [1.82, 2.24) is 5.06 Å². The first-order valence-corrected chi connectivity index (χ1v) is 9.47. The first-order valence-electron chi connectivity index (χ1n) is 7.65. The zero-order valence-corrected chi connectivity index (χ0v) is 14.7. The second-order valence-corrected chi connectivity index (χ2v) is 8.13. The Labute approximate surface area is 140 Å². The van der Waals surface area contributed by atoms with Gasteiger partial charge in [-0.3, -0.25) is 14.4 Å². The van der Waals surface area contributed by atoms with Crippen molar-refractivity contribution in [1.29, 1.82) is 0 Å². The smallest absolute Gasteiger partial charge is 0.303 e. The second-order valence-electron chi connectivity index (χ2n) is 6.57. The number of nitrogens with zero attached hydrogens (tertiary/aromatic N) is 1. The van der Waals surface area contributed by atoms with Crippen LogP contribution in [-0.2, 0) is 33.5 Å². The van der Waals surface area contributed by atoms with Crippen molar-refractivity contribution in [2.75, 3.05) is 6.26 Å². The molecule has 3 rings (SSSR count). The molecule has 8 nitrogen and oxygen atoms in total. The van der Waals surface area contributed by atoms with Gasteiger partial charge in [0.2, 0.25) is 0 Å². The number of amides is 2. The summed E-state index contributed by atoms with van der Waals surface area (Å²) in [5, 5.41) is 0.176. The van der Waals surface area contributed by atoms with Crippen LogP contribution in [0.15, 0.2) is 12.2 Å². The summed E-state index contributed by atoms with van der Waals surface area (Å²) in [5.41, 5.74) is -0.116. The van der Waals surface area contributed by atoms with E-state index in [2.05, 4.69) is 11.2 Å². The summed E-state index contributed by atoms with van der Waals surface area (Å²) >= 11 is 0. The summed E-state index contributed by atoms with van der Waals surface area (Å²) in [6.45, 7) is 3.61. The van der Waals surface area contributed by atoms with E-state index in [9.17, 15) is 22.8 Å². The van der Waals surface area contributed by atoms with Gasteiger partial charge in [-0.25, -0.2) is 0 Å². The Morgan fingerprint density at radius 3 is 2.21 bits per heavy atom. The van der Waals surface area contributed by atoms with Crippen LogP contribution in [0.25, 0.3) is 0 Å². The molecular weight excluding hydrogens is 338 g/mol. The fourth-order valence-corrected chi connectivity index (χ4v) is 4.02. The zero-order chi connectivity index (χ0) is 18.1. The van der Waals surface area contributed by atoms with E-state index >= 15 is 0 Å². The van der Waals surface area contributed by atoms with Crippen LogP contribution in [0.4, 0.5) is 0 Å². The number of hydroxylamine groups is 2. The molecular formula is C15H21NO7S. The summed E-state index contributed by atoms with van der Waals surface area (Å²) < 4.78 is 30.4. The molecule has 3 aliphatic rings. The molecule has 2 fully saturated rings. The van der Waals surface area contributed by atoms with Gasteiger partial charge in [0, 0.05) is 19.1 Å². The molecule has 0 spiro atoms. The van der Waals surface area contributed by atoms with Crippen molar-refractivity contribution >= 4 is 27.9 Å². The number of hydrogen-bond donors (Lipinski definition) is 0. The molecule has 9 heteroatoms. The quantitative estimate of drug-likeness (QED) is 0.545. The van der Waals surface area contributed by atoms with E-state index in [4.69, 9.17) is 4.74 Å². The van der Waals surface area contributed by atoms with Gasteiger partial charge in [-0.1, -0.05) is 0 Å². The zero-order valence-electron chi connectivity index (χ0n) is 13.9. The minimum absolute atomic E-state index is 0.116. The first-order chi connectivity index (χ1) is 11.0. The predicted molar refractivity (Wildman–Crippen MR) is 82.5 cm³/mol. The van der Waals surface area contributed by atoms with Gasteiger partial charge in [0.25, 0.3) is 21.9 Å². The van der Waals surface area contributed by atoms with Crippen LogP contribution in [0.2, 0.25) is 0 Å². The number of hydrogen-bond acceptors (Lipinski definition) is 7. The van der Waals surface area contributed by atoms with Crippen LogP contribution in [0, 0.1) is 11.8 Å². The fraction of sp³-hybridized carbons (Fsp3) is 0.667. The average Bonchev–Trinajstić information content (AvgIpc) is 3.07. The maximum Gasteiger partial charge on any atom is 0.303 e. The Morgan fingerprint density at radius 2 is 1.83 bits per heavy atom. The molecule has 0 saturated heterocycles. The molecule has 2 saturated carbocycles. The lowest BCUT2D eigenvalue weighted by molar-refractivity contribution is -0.162. The molecule has 2 aliphatic carbocycles. The van der Waals surface area contributed by atoms with Crippen LogP contribution in [0.3, 0.4) is 0 Å². The molecule has 0 aromatic carbocycles. The molecule has 0 aromatic heterocycles. The molecule has 24 heavy (non-hydrogen) atoms. The fourth-order valence-electron chi connectivity index (χ4n) is 3.60. The third-order valence-electron chi connectivity index (χ3n) is 4.45. The predicted octanol–water partition coefficient (Wildman–Crippen LogP) is 0.931. The molecule has 1 heterocycles. The van der Waals surface area contributed by atoms with E-state index in [1.807, 2.05) is 0 Å². The molecule has 2 bridgehead atoms. The molecule has 1 aliphatic heterocycles. The summed E-state index contributed by atoms with van der Waals surface area (Å²) in [6.07, 6.45) is 7.57. The maximum atomic E-state index is 10.9. The summed E-state index contributed by atoms with van der Waals surface area (Å²) in [5.74, 6) is -0.244. The van der Waals surface area contributed by atoms with Gasteiger partial charge in [0.1, 0.15) is 5.60 Å². The molecule has 3 unspecified atom stereocenters. The van der Waals surface area contributed by atoms with Crippen molar-refractivity contribution in [2.24, 2.45) is 11.8 Å². The lowest BCUT2D eigenvalue weighted by atomic mass is 9.86. The van der Waals surface area contributed by atoms with Gasteiger partial charge in [-0.15, -0.1) is 9.35 Å². The minimum Gasteiger partial charge on any atom is -0.459 e. The minimum atomic E-state index is -3.83. The number of imide groups is 1. The highest BCUT2D eigenvalue weighted by Crippen LogP contribution is 2.52. The Balaban J connectivity index is 0.000000174. The van der Waals surface area contributed by atoms with Crippen molar-refractivity contribution < 1.29 is 31.8 Å². The number of carbonyl (C=O) groups excluding carboxylic acids is 3. The van der Waals surface area contributed by atoms with Gasteiger partial charge < -0.3 is 4.74 Å². The third kappa shape index (κ3) is 4.41. The molecule has 3 atom stereocenters. The number of fused-ring (bicyclic) bond motifs is 2. The van der Waals surface area contributed by atoms with E-state index in [-0.39, 0.29) is 16.6 Å². The summed E-state index contributed by atoms with van der Waals surface area (Å²) in [6, 6.07) is 0. The molecule has 134 valence electrons. The average molecular weight is 359 g/mol. The third-order valence-corrected chi connectivity index (χ3v) is 4.87. The monoisotopic (exact) mass is 359 g/mol. The lowest BCUT2D eigenvalue weighted by Gasteiger charge is -2.33. The topological polar surface area (TPSA) is 107 Å². The second kappa shape index (κ2) is 6.64. The van der Waals surface area contributed by atoms with Gasteiger partial charge in [0.05, 0.1) is 6.26 Å². The van der Waals surface area contributed by atoms with E-state index in [0.717, 1.165) is 30.7 Å². The first kappa shape index (κ1) is 18.6. The van der Waals surface area contributed by atoms with Crippen LogP contribution in [0.1, 0.15) is 39.5 Å². The lowest BCUT2D eigenvalue weighted by Crippen LogP contribution is -2.36.